The minimum atomic E-state index is -0.568. The van der Waals surface area contributed by atoms with Gasteiger partial charge in [0.05, 0.1) is 6.20 Å². The van der Waals surface area contributed by atoms with E-state index in [0.717, 1.165) is 24.5 Å². The van der Waals surface area contributed by atoms with E-state index in [0.29, 0.717) is 25.2 Å². The third-order valence-electron chi connectivity index (χ3n) is 4.11. The number of aromatic nitrogens is 2. The molecular weight excluding hydrogens is 320 g/mol. The van der Waals surface area contributed by atoms with Crippen molar-refractivity contribution in [2.45, 2.75) is 6.54 Å². The van der Waals surface area contributed by atoms with E-state index in [2.05, 4.69) is 20.2 Å². The molecule has 3 amide bonds. The van der Waals surface area contributed by atoms with Crippen molar-refractivity contribution in [1.29, 1.82) is 0 Å². The molecule has 0 unspecified atom stereocenters. The molecule has 1 fully saturated rings. The van der Waals surface area contributed by atoms with Crippen molar-refractivity contribution in [2.75, 3.05) is 31.1 Å². The molecule has 0 aliphatic carbocycles. The number of carbonyl (C=O) groups is 2. The highest BCUT2D eigenvalue weighted by Crippen LogP contribution is 2.14. The normalized spacial score (nSPS) is 14.2. The summed E-state index contributed by atoms with van der Waals surface area (Å²) in [5.74, 6) is 0.842. The van der Waals surface area contributed by atoms with Crippen molar-refractivity contribution in [3.05, 3.63) is 54.0 Å². The Morgan fingerprint density at radius 2 is 1.80 bits per heavy atom. The number of urea groups is 1. The van der Waals surface area contributed by atoms with Crippen LogP contribution in [0, 0.1) is 0 Å². The molecule has 130 valence electrons. The number of piperazine rings is 1. The van der Waals surface area contributed by atoms with Crippen LogP contribution >= 0.6 is 0 Å². The molecule has 1 aromatic heterocycles. The molecule has 0 radical (unpaired) electrons. The van der Waals surface area contributed by atoms with Gasteiger partial charge >= 0.3 is 6.03 Å². The number of anilines is 1. The largest absolute Gasteiger partial charge is 0.352 e. The quantitative estimate of drug-likeness (QED) is 0.848. The average molecular weight is 340 g/mol. The number of benzene rings is 1. The number of hydrogen-bond acceptors (Lipinski definition) is 5. The van der Waals surface area contributed by atoms with Gasteiger partial charge in [-0.15, -0.1) is 0 Å². The molecule has 1 aliphatic rings. The van der Waals surface area contributed by atoms with Gasteiger partial charge in [-0.3, -0.25) is 9.78 Å². The van der Waals surface area contributed by atoms with Gasteiger partial charge in [-0.2, -0.15) is 0 Å². The second kappa shape index (κ2) is 7.61. The third kappa shape index (κ3) is 4.23. The highest BCUT2D eigenvalue weighted by Gasteiger charge is 2.22. The van der Waals surface area contributed by atoms with Crippen LogP contribution in [0.25, 0.3) is 0 Å². The maximum atomic E-state index is 12.6. The van der Waals surface area contributed by atoms with E-state index in [1.807, 2.05) is 17.0 Å². The van der Waals surface area contributed by atoms with Gasteiger partial charge in [0.1, 0.15) is 5.82 Å². The predicted octanol–water partition coefficient (Wildman–Crippen LogP) is 0.607. The number of nitrogens with one attached hydrogen (secondary N) is 1. The maximum absolute atomic E-state index is 12.6. The van der Waals surface area contributed by atoms with Gasteiger partial charge in [0.25, 0.3) is 5.91 Å². The predicted molar refractivity (Wildman–Crippen MR) is 93.0 cm³/mol. The summed E-state index contributed by atoms with van der Waals surface area (Å²) < 4.78 is 0. The van der Waals surface area contributed by atoms with E-state index >= 15 is 0 Å². The minimum Gasteiger partial charge on any atom is -0.352 e. The van der Waals surface area contributed by atoms with Gasteiger partial charge in [0.15, 0.2) is 0 Å². The number of nitrogens with two attached hydrogens (primary N) is 1. The monoisotopic (exact) mass is 340 g/mol. The van der Waals surface area contributed by atoms with Gasteiger partial charge in [-0.1, -0.05) is 12.1 Å². The Balaban J connectivity index is 1.56. The summed E-state index contributed by atoms with van der Waals surface area (Å²) in [6.07, 6.45) is 5.05. The summed E-state index contributed by atoms with van der Waals surface area (Å²) in [7, 11) is 0. The Kier molecular flexibility index (Phi) is 5.08. The summed E-state index contributed by atoms with van der Waals surface area (Å²) in [6.45, 7) is 3.08. The van der Waals surface area contributed by atoms with Crippen molar-refractivity contribution in [3.8, 4) is 0 Å². The molecule has 1 aliphatic heterocycles. The van der Waals surface area contributed by atoms with Crippen LogP contribution in [0.2, 0.25) is 0 Å². The van der Waals surface area contributed by atoms with Gasteiger partial charge in [-0.25, -0.2) is 9.78 Å². The highest BCUT2D eigenvalue weighted by atomic mass is 16.2. The molecule has 1 saturated heterocycles. The Bertz CT molecular complexity index is 727. The Morgan fingerprint density at radius 1 is 1.08 bits per heavy atom. The molecule has 0 atom stereocenters. The van der Waals surface area contributed by atoms with Crippen LogP contribution in [0.5, 0.6) is 0 Å². The Hall–Kier alpha value is -3.16. The molecule has 0 bridgehead atoms. The number of nitrogens with zero attached hydrogens (tertiary/aromatic N) is 4. The first-order valence-corrected chi connectivity index (χ1v) is 8.06. The maximum Gasteiger partial charge on any atom is 0.312 e. The standard InChI is InChI=1S/C17H20N6O2/c18-17(25)21-11-13-1-3-14(4-2-13)16(24)23-9-7-22(8-10-23)15-12-19-5-6-20-15/h1-6,12H,7-11H2,(H3,18,21,25). The van der Waals surface area contributed by atoms with E-state index in [1.54, 1.807) is 30.7 Å². The van der Waals surface area contributed by atoms with Crippen LogP contribution in [0.3, 0.4) is 0 Å². The minimum absolute atomic E-state index is 0.00760. The molecule has 3 N–H and O–H groups in total. The zero-order valence-electron chi connectivity index (χ0n) is 13.8. The first kappa shape index (κ1) is 16.7. The molecule has 0 spiro atoms. The second-order valence-corrected chi connectivity index (χ2v) is 5.76. The van der Waals surface area contributed by atoms with Gasteiger partial charge in [0.2, 0.25) is 0 Å². The van der Waals surface area contributed by atoms with Crippen LogP contribution in [0.1, 0.15) is 15.9 Å². The van der Waals surface area contributed by atoms with Crippen molar-refractivity contribution in [3.63, 3.8) is 0 Å². The fraction of sp³-hybridized carbons (Fsp3) is 0.294. The molecule has 2 heterocycles. The number of hydrogen-bond donors (Lipinski definition) is 2. The second-order valence-electron chi connectivity index (χ2n) is 5.76. The van der Waals surface area contributed by atoms with Crippen LogP contribution in [-0.4, -0.2) is 53.0 Å². The molecule has 8 heteroatoms. The fourth-order valence-electron chi connectivity index (χ4n) is 2.73. The first-order valence-electron chi connectivity index (χ1n) is 8.06. The summed E-state index contributed by atoms with van der Waals surface area (Å²) in [5.41, 5.74) is 6.57. The molecule has 8 nitrogen and oxygen atoms in total. The molecule has 3 rings (SSSR count). The molecule has 25 heavy (non-hydrogen) atoms. The number of rotatable bonds is 4. The lowest BCUT2D eigenvalue weighted by molar-refractivity contribution is 0.0746. The van der Waals surface area contributed by atoms with Crippen LogP contribution < -0.4 is 16.0 Å². The summed E-state index contributed by atoms with van der Waals surface area (Å²) in [6, 6.07) is 6.61. The van der Waals surface area contributed by atoms with E-state index in [1.165, 1.54) is 0 Å². The zero-order valence-corrected chi connectivity index (χ0v) is 13.8. The smallest absolute Gasteiger partial charge is 0.312 e. The van der Waals surface area contributed by atoms with E-state index in [9.17, 15) is 9.59 Å². The van der Waals surface area contributed by atoms with E-state index in [4.69, 9.17) is 5.73 Å². The third-order valence-corrected chi connectivity index (χ3v) is 4.11. The lowest BCUT2D eigenvalue weighted by Crippen LogP contribution is -2.49. The number of amides is 3. The number of primary amides is 1. The van der Waals surface area contributed by atoms with Gasteiger partial charge in [-0.05, 0) is 17.7 Å². The van der Waals surface area contributed by atoms with Crippen LogP contribution in [0.4, 0.5) is 10.6 Å². The molecule has 1 aromatic carbocycles. The van der Waals surface area contributed by atoms with Crippen LogP contribution in [0.15, 0.2) is 42.9 Å². The summed E-state index contributed by atoms with van der Waals surface area (Å²) in [5, 5.41) is 2.52. The molecule has 0 saturated carbocycles. The van der Waals surface area contributed by atoms with E-state index in [-0.39, 0.29) is 5.91 Å². The van der Waals surface area contributed by atoms with Crippen molar-refractivity contribution >= 4 is 17.8 Å². The van der Waals surface area contributed by atoms with Crippen LogP contribution in [-0.2, 0) is 6.54 Å². The first-order chi connectivity index (χ1) is 12.1. The van der Waals surface area contributed by atoms with E-state index < -0.39 is 6.03 Å². The topological polar surface area (TPSA) is 104 Å². The van der Waals surface area contributed by atoms with Gasteiger partial charge < -0.3 is 20.9 Å². The summed E-state index contributed by atoms with van der Waals surface area (Å²) >= 11 is 0. The average Bonchev–Trinajstić information content (AvgIpc) is 2.67. The van der Waals surface area contributed by atoms with Crippen molar-refractivity contribution in [1.82, 2.24) is 20.2 Å². The van der Waals surface area contributed by atoms with Gasteiger partial charge in [0, 0.05) is 50.7 Å². The highest BCUT2D eigenvalue weighted by molar-refractivity contribution is 5.94. The lowest BCUT2D eigenvalue weighted by atomic mass is 10.1. The van der Waals surface area contributed by atoms with Crippen molar-refractivity contribution in [2.24, 2.45) is 5.73 Å². The van der Waals surface area contributed by atoms with Crippen molar-refractivity contribution < 1.29 is 9.59 Å². The summed E-state index contributed by atoms with van der Waals surface area (Å²) in [4.78, 5) is 35.7. The zero-order chi connectivity index (χ0) is 17.6. The Labute approximate surface area is 145 Å². The fourth-order valence-corrected chi connectivity index (χ4v) is 2.73. The lowest BCUT2D eigenvalue weighted by Gasteiger charge is -2.35. The molecular formula is C17H20N6O2. The Morgan fingerprint density at radius 3 is 2.40 bits per heavy atom. The molecule has 2 aromatic rings. The number of carbonyl (C=O) groups excluding carboxylic acids is 2. The SMILES string of the molecule is NC(=O)NCc1ccc(C(=O)N2CCN(c3cnccn3)CC2)cc1.